The van der Waals surface area contributed by atoms with Crippen LogP contribution in [-0.4, -0.2) is 76.0 Å². The SMILES string of the molecule is CCN1C(=O)/C2=C3\CO[C@@](OC)([C@@H](O)CCCCC[C@]21C(C)O)[C@H]3O. The first-order chi connectivity index (χ1) is 11.9. The summed E-state index contributed by atoms with van der Waals surface area (Å²) in [5.74, 6) is -1.73. The Kier molecular flexibility index (Phi) is 4.98. The van der Waals surface area contributed by atoms with Crippen LogP contribution in [-0.2, 0) is 14.3 Å². The second-order valence-corrected chi connectivity index (χ2v) is 7.28. The normalized spacial score (nSPS) is 43.3. The minimum atomic E-state index is -1.55. The van der Waals surface area contributed by atoms with Crippen molar-refractivity contribution in [3.8, 4) is 0 Å². The Bertz CT molecular complexity index is 576. The van der Waals surface area contributed by atoms with Crippen LogP contribution in [0.3, 0.4) is 0 Å². The van der Waals surface area contributed by atoms with Crippen LogP contribution in [0.4, 0.5) is 0 Å². The van der Waals surface area contributed by atoms with Crippen molar-refractivity contribution in [2.45, 2.75) is 75.6 Å². The number of amides is 1. The Hall–Kier alpha value is -0.990. The molecule has 7 nitrogen and oxygen atoms in total. The minimum absolute atomic E-state index is 0.0131. The van der Waals surface area contributed by atoms with E-state index in [0.29, 0.717) is 30.5 Å². The molecule has 0 spiro atoms. The summed E-state index contributed by atoms with van der Waals surface area (Å²) in [6, 6.07) is 0. The van der Waals surface area contributed by atoms with E-state index < -0.39 is 29.6 Å². The molecule has 25 heavy (non-hydrogen) atoms. The molecule has 3 aliphatic rings. The quantitative estimate of drug-likeness (QED) is 0.631. The monoisotopic (exact) mass is 355 g/mol. The second-order valence-electron chi connectivity index (χ2n) is 7.28. The van der Waals surface area contributed by atoms with Crippen LogP contribution >= 0.6 is 0 Å². The number of carbonyl (C=O) groups excluding carboxylic acids is 1. The van der Waals surface area contributed by atoms with Crippen LogP contribution in [0.15, 0.2) is 11.1 Å². The van der Waals surface area contributed by atoms with Gasteiger partial charge in [-0.2, -0.15) is 0 Å². The van der Waals surface area contributed by atoms with Crippen molar-refractivity contribution in [2.75, 3.05) is 20.3 Å². The number of aliphatic hydroxyl groups is 3. The van der Waals surface area contributed by atoms with Crippen LogP contribution < -0.4 is 0 Å². The van der Waals surface area contributed by atoms with E-state index in [9.17, 15) is 20.1 Å². The average Bonchev–Trinajstić information content (AvgIpc) is 2.89. The van der Waals surface area contributed by atoms with Gasteiger partial charge in [0.05, 0.1) is 18.2 Å². The molecule has 3 rings (SSSR count). The number of β-lactam (4-membered cyclic amide) rings is 1. The lowest BCUT2D eigenvalue weighted by Crippen LogP contribution is -2.71. The third-order valence-corrected chi connectivity index (χ3v) is 6.19. The van der Waals surface area contributed by atoms with Crippen molar-refractivity contribution in [1.82, 2.24) is 4.90 Å². The molecule has 0 radical (unpaired) electrons. The van der Waals surface area contributed by atoms with Gasteiger partial charge in [-0.05, 0) is 26.7 Å². The van der Waals surface area contributed by atoms with E-state index in [2.05, 4.69) is 0 Å². The van der Waals surface area contributed by atoms with Gasteiger partial charge in [0.25, 0.3) is 5.91 Å². The fourth-order valence-electron chi connectivity index (χ4n) is 4.82. The number of nitrogens with zero attached hydrogens (tertiary/aromatic N) is 1. The highest BCUT2D eigenvalue weighted by Crippen LogP contribution is 2.49. The van der Waals surface area contributed by atoms with Gasteiger partial charge in [0, 0.05) is 24.8 Å². The highest BCUT2D eigenvalue weighted by Gasteiger charge is 2.63. The standard InChI is InChI=1S/C18H29NO6/c1-4-19-16(23)14-12-10-25-18(24-3,15(12)22)13(21)8-6-5-7-9-17(14,19)11(2)20/h11,13,15,20-22H,4-10H2,1-3H3/b14-12-/t11?,13-,15-,17-,18-/m0/s1. The van der Waals surface area contributed by atoms with Crippen LogP contribution in [0.2, 0.25) is 0 Å². The summed E-state index contributed by atoms with van der Waals surface area (Å²) in [6.07, 6.45) is 0.535. The molecule has 5 atom stereocenters. The maximum atomic E-state index is 12.8. The summed E-state index contributed by atoms with van der Waals surface area (Å²) in [5, 5.41) is 32.1. The van der Waals surface area contributed by atoms with E-state index in [-0.39, 0.29) is 12.5 Å². The second kappa shape index (κ2) is 6.63. The Morgan fingerprint density at radius 3 is 2.68 bits per heavy atom. The fraction of sp³-hybridized carbons (Fsp3) is 0.833. The molecule has 3 N–H and O–H groups in total. The summed E-state index contributed by atoms with van der Waals surface area (Å²) in [4.78, 5) is 14.5. The van der Waals surface area contributed by atoms with E-state index in [1.165, 1.54) is 7.11 Å². The zero-order valence-corrected chi connectivity index (χ0v) is 15.2. The number of fused-ring (bicyclic) bond motifs is 3. The van der Waals surface area contributed by atoms with Crippen LogP contribution in [0.5, 0.6) is 0 Å². The molecule has 1 amide bonds. The van der Waals surface area contributed by atoms with Gasteiger partial charge in [-0.1, -0.05) is 19.3 Å². The molecule has 2 heterocycles. The lowest BCUT2D eigenvalue weighted by Gasteiger charge is -2.56. The van der Waals surface area contributed by atoms with Gasteiger partial charge in [0.15, 0.2) is 0 Å². The summed E-state index contributed by atoms with van der Waals surface area (Å²) in [5.41, 5.74) is 0.0632. The van der Waals surface area contributed by atoms with Gasteiger partial charge in [0.1, 0.15) is 12.2 Å². The molecule has 2 saturated heterocycles. The van der Waals surface area contributed by atoms with Gasteiger partial charge in [-0.3, -0.25) is 4.79 Å². The maximum absolute atomic E-state index is 12.8. The Morgan fingerprint density at radius 2 is 2.08 bits per heavy atom. The average molecular weight is 355 g/mol. The van der Waals surface area contributed by atoms with Gasteiger partial charge >= 0.3 is 0 Å². The number of aliphatic hydroxyl groups excluding tert-OH is 3. The number of rotatable bonds is 3. The molecular weight excluding hydrogens is 326 g/mol. The number of likely N-dealkylation sites (N-methyl/N-ethyl adjacent to an activating group) is 1. The van der Waals surface area contributed by atoms with Crippen molar-refractivity contribution in [3.63, 3.8) is 0 Å². The van der Waals surface area contributed by atoms with Gasteiger partial charge in [-0.25, -0.2) is 0 Å². The minimum Gasteiger partial charge on any atom is -0.391 e. The van der Waals surface area contributed by atoms with E-state index in [1.54, 1.807) is 11.8 Å². The topological polar surface area (TPSA) is 99.5 Å². The van der Waals surface area contributed by atoms with Crippen molar-refractivity contribution < 1.29 is 29.6 Å². The number of hydrogen-bond acceptors (Lipinski definition) is 6. The lowest BCUT2D eigenvalue weighted by atomic mass is 9.68. The molecule has 2 bridgehead atoms. The predicted octanol–water partition coefficient (Wildman–Crippen LogP) is 0.323. The molecule has 2 fully saturated rings. The summed E-state index contributed by atoms with van der Waals surface area (Å²) < 4.78 is 11.1. The fourth-order valence-corrected chi connectivity index (χ4v) is 4.82. The molecule has 0 aromatic heterocycles. The zero-order chi connectivity index (χ0) is 18.4. The highest BCUT2D eigenvalue weighted by molar-refractivity contribution is 6.05. The molecule has 0 aromatic carbocycles. The zero-order valence-electron chi connectivity index (χ0n) is 15.2. The van der Waals surface area contributed by atoms with Gasteiger partial charge in [0.2, 0.25) is 5.79 Å². The largest absolute Gasteiger partial charge is 0.391 e. The molecule has 142 valence electrons. The number of ether oxygens (including phenoxy) is 2. The van der Waals surface area contributed by atoms with E-state index in [0.717, 1.165) is 19.3 Å². The van der Waals surface area contributed by atoms with Crippen molar-refractivity contribution in [1.29, 1.82) is 0 Å². The number of carbonyl (C=O) groups is 1. The third kappa shape index (κ3) is 2.40. The van der Waals surface area contributed by atoms with Crippen LogP contribution in [0.25, 0.3) is 0 Å². The molecule has 2 aliphatic heterocycles. The van der Waals surface area contributed by atoms with Crippen molar-refractivity contribution in [3.05, 3.63) is 11.1 Å². The summed E-state index contributed by atoms with van der Waals surface area (Å²) >= 11 is 0. The van der Waals surface area contributed by atoms with Crippen molar-refractivity contribution in [2.24, 2.45) is 0 Å². The molecular formula is C18H29NO6. The van der Waals surface area contributed by atoms with Crippen LogP contribution in [0, 0.1) is 0 Å². The smallest absolute Gasteiger partial charge is 0.253 e. The summed E-state index contributed by atoms with van der Waals surface area (Å²) in [7, 11) is 1.39. The first-order valence-corrected chi connectivity index (χ1v) is 9.15. The van der Waals surface area contributed by atoms with Crippen LogP contribution in [0.1, 0.15) is 46.0 Å². The third-order valence-electron chi connectivity index (χ3n) is 6.19. The summed E-state index contributed by atoms with van der Waals surface area (Å²) in [6.45, 7) is 4.09. The van der Waals surface area contributed by atoms with Crippen molar-refractivity contribution >= 4 is 5.91 Å². The Morgan fingerprint density at radius 1 is 1.36 bits per heavy atom. The Balaban J connectivity index is 2.14. The number of methoxy groups -OCH3 is 1. The maximum Gasteiger partial charge on any atom is 0.253 e. The molecule has 1 unspecified atom stereocenters. The van der Waals surface area contributed by atoms with E-state index >= 15 is 0 Å². The number of likely N-dealkylation sites (tertiary alicyclic amines) is 1. The molecule has 0 saturated carbocycles. The Labute approximate surface area is 148 Å². The predicted molar refractivity (Wildman–Crippen MR) is 89.6 cm³/mol. The van der Waals surface area contributed by atoms with Gasteiger partial charge < -0.3 is 29.7 Å². The first-order valence-electron chi connectivity index (χ1n) is 9.15. The van der Waals surface area contributed by atoms with E-state index in [4.69, 9.17) is 9.47 Å². The first kappa shape index (κ1) is 18.8. The highest BCUT2D eigenvalue weighted by atomic mass is 16.7. The van der Waals surface area contributed by atoms with Gasteiger partial charge in [-0.15, -0.1) is 0 Å². The molecule has 7 heteroatoms. The van der Waals surface area contributed by atoms with E-state index in [1.807, 2.05) is 6.92 Å². The number of hydrogen-bond donors (Lipinski definition) is 3. The molecule has 1 aliphatic carbocycles. The molecule has 0 aromatic rings. The lowest BCUT2D eigenvalue weighted by molar-refractivity contribution is -0.279.